The lowest BCUT2D eigenvalue weighted by atomic mass is 10.2. The third kappa shape index (κ3) is 2.56. The first-order valence-electron chi connectivity index (χ1n) is 6.20. The van der Waals surface area contributed by atoms with E-state index in [0.29, 0.717) is 16.4 Å². The zero-order chi connectivity index (χ0) is 14.1. The van der Waals surface area contributed by atoms with E-state index in [-0.39, 0.29) is 5.91 Å². The highest BCUT2D eigenvalue weighted by molar-refractivity contribution is 9.10. The Labute approximate surface area is 128 Å². The van der Waals surface area contributed by atoms with Gasteiger partial charge in [-0.15, -0.1) is 11.3 Å². The van der Waals surface area contributed by atoms with Crippen molar-refractivity contribution in [1.82, 2.24) is 10.3 Å². The third-order valence-electron chi connectivity index (χ3n) is 3.10. The van der Waals surface area contributed by atoms with E-state index in [9.17, 15) is 4.79 Å². The van der Waals surface area contributed by atoms with Crippen molar-refractivity contribution in [2.75, 3.05) is 17.6 Å². The summed E-state index contributed by atoms with van der Waals surface area (Å²) in [5.41, 5.74) is 8.06. The molecule has 0 bridgehead atoms. The van der Waals surface area contributed by atoms with Crippen LogP contribution in [0.3, 0.4) is 0 Å². The predicted molar refractivity (Wildman–Crippen MR) is 84.0 cm³/mol. The van der Waals surface area contributed by atoms with Crippen molar-refractivity contribution in [2.24, 2.45) is 0 Å². The number of para-hydroxylation sites is 1. The highest BCUT2D eigenvalue weighted by atomic mass is 79.9. The van der Waals surface area contributed by atoms with E-state index in [2.05, 4.69) is 31.5 Å². The fourth-order valence-electron chi connectivity index (χ4n) is 2.04. The van der Waals surface area contributed by atoms with Crippen LogP contribution in [0.25, 0.3) is 0 Å². The van der Waals surface area contributed by atoms with Gasteiger partial charge in [-0.2, -0.15) is 0 Å². The van der Waals surface area contributed by atoms with Gasteiger partial charge in [0, 0.05) is 28.9 Å². The topological polar surface area (TPSA) is 80.0 Å². The molecule has 0 unspecified atom stereocenters. The number of rotatable bonds is 2. The minimum absolute atomic E-state index is 0.214. The van der Waals surface area contributed by atoms with Gasteiger partial charge in [0.25, 0.3) is 5.91 Å². The summed E-state index contributed by atoms with van der Waals surface area (Å²) in [7, 11) is 0. The van der Waals surface area contributed by atoms with Gasteiger partial charge in [0.1, 0.15) is 0 Å². The number of nitrogens with zero attached hydrogens (tertiary/aromatic N) is 1. The van der Waals surface area contributed by atoms with Crippen LogP contribution in [0.2, 0.25) is 0 Å². The Morgan fingerprint density at radius 2 is 2.35 bits per heavy atom. The SMILES string of the molecule is Nc1c(Br)cccc1NC(=O)c1nc2c(s1)CNCC2. The lowest BCUT2D eigenvalue weighted by Crippen LogP contribution is -2.22. The molecular formula is C13H13BrN4OS. The molecule has 2 aromatic rings. The Morgan fingerprint density at radius 1 is 1.50 bits per heavy atom. The van der Waals surface area contributed by atoms with Crippen LogP contribution in [-0.4, -0.2) is 17.4 Å². The largest absolute Gasteiger partial charge is 0.396 e. The molecule has 0 saturated carbocycles. The maximum atomic E-state index is 12.2. The summed E-state index contributed by atoms with van der Waals surface area (Å²) in [4.78, 5) is 17.8. The van der Waals surface area contributed by atoms with Crippen molar-refractivity contribution in [3.8, 4) is 0 Å². The molecule has 2 heterocycles. The third-order valence-corrected chi connectivity index (χ3v) is 4.89. The number of hydrogen-bond acceptors (Lipinski definition) is 5. The van der Waals surface area contributed by atoms with Crippen LogP contribution in [0.1, 0.15) is 20.4 Å². The van der Waals surface area contributed by atoms with Gasteiger partial charge in [0.05, 0.1) is 17.1 Å². The summed E-state index contributed by atoms with van der Waals surface area (Å²) < 4.78 is 0.762. The molecule has 1 aliphatic heterocycles. The normalized spacial score (nSPS) is 13.8. The summed E-state index contributed by atoms with van der Waals surface area (Å²) in [6.45, 7) is 1.70. The van der Waals surface area contributed by atoms with E-state index in [1.54, 1.807) is 6.07 Å². The summed E-state index contributed by atoms with van der Waals surface area (Å²) in [6.07, 6.45) is 0.873. The fraction of sp³-hybridized carbons (Fsp3) is 0.231. The number of nitrogens with one attached hydrogen (secondary N) is 2. The van der Waals surface area contributed by atoms with E-state index < -0.39 is 0 Å². The van der Waals surface area contributed by atoms with Crippen LogP contribution in [0, 0.1) is 0 Å². The lowest BCUT2D eigenvalue weighted by Gasteiger charge is -2.09. The van der Waals surface area contributed by atoms with Crippen LogP contribution < -0.4 is 16.4 Å². The molecule has 1 aromatic carbocycles. The summed E-state index contributed by atoms with van der Waals surface area (Å²) in [5.74, 6) is -0.214. The fourth-order valence-corrected chi connectivity index (χ4v) is 3.38. The van der Waals surface area contributed by atoms with E-state index in [4.69, 9.17) is 5.73 Å². The molecule has 0 fully saturated rings. The Kier molecular flexibility index (Phi) is 3.73. The lowest BCUT2D eigenvalue weighted by molar-refractivity contribution is 0.102. The van der Waals surface area contributed by atoms with Crippen molar-refractivity contribution >= 4 is 44.5 Å². The number of aromatic nitrogens is 1. The monoisotopic (exact) mass is 352 g/mol. The second kappa shape index (κ2) is 5.51. The van der Waals surface area contributed by atoms with Crippen molar-refractivity contribution < 1.29 is 4.79 Å². The van der Waals surface area contributed by atoms with Gasteiger partial charge < -0.3 is 16.4 Å². The molecule has 7 heteroatoms. The summed E-state index contributed by atoms with van der Waals surface area (Å²) in [6, 6.07) is 5.43. The first-order valence-corrected chi connectivity index (χ1v) is 7.80. The number of anilines is 2. The minimum Gasteiger partial charge on any atom is -0.396 e. The average molecular weight is 353 g/mol. The van der Waals surface area contributed by atoms with E-state index >= 15 is 0 Å². The molecule has 4 N–H and O–H groups in total. The number of amides is 1. The van der Waals surface area contributed by atoms with Crippen LogP contribution in [-0.2, 0) is 13.0 Å². The van der Waals surface area contributed by atoms with Crippen LogP contribution in [0.4, 0.5) is 11.4 Å². The van der Waals surface area contributed by atoms with Gasteiger partial charge in [-0.3, -0.25) is 4.79 Å². The van der Waals surface area contributed by atoms with Crippen molar-refractivity contribution in [3.05, 3.63) is 38.3 Å². The number of halogens is 1. The van der Waals surface area contributed by atoms with Crippen LogP contribution in [0.5, 0.6) is 0 Å². The summed E-state index contributed by atoms with van der Waals surface area (Å²) >= 11 is 4.78. The van der Waals surface area contributed by atoms with Gasteiger partial charge in [-0.05, 0) is 28.1 Å². The minimum atomic E-state index is -0.214. The molecule has 20 heavy (non-hydrogen) atoms. The molecule has 0 atom stereocenters. The maximum absolute atomic E-state index is 12.2. The Bertz CT molecular complexity index is 647. The number of fused-ring (bicyclic) bond motifs is 1. The molecule has 1 aliphatic rings. The highest BCUT2D eigenvalue weighted by Crippen LogP contribution is 2.28. The standard InChI is InChI=1S/C13H13BrN4OS/c14-7-2-1-3-9(11(7)15)17-12(19)13-18-8-4-5-16-6-10(8)20-13/h1-3,16H,4-6,15H2,(H,17,19). The first-order chi connectivity index (χ1) is 9.65. The molecule has 104 valence electrons. The van der Waals surface area contributed by atoms with Crippen molar-refractivity contribution in [3.63, 3.8) is 0 Å². The highest BCUT2D eigenvalue weighted by Gasteiger charge is 2.19. The quantitative estimate of drug-likeness (QED) is 0.725. The molecule has 0 aliphatic carbocycles. The second-order valence-electron chi connectivity index (χ2n) is 4.47. The van der Waals surface area contributed by atoms with Crippen molar-refractivity contribution in [1.29, 1.82) is 0 Å². The second-order valence-corrected chi connectivity index (χ2v) is 6.41. The Hall–Kier alpha value is -1.44. The van der Waals surface area contributed by atoms with Gasteiger partial charge in [-0.1, -0.05) is 6.07 Å². The number of carbonyl (C=O) groups excluding carboxylic acids is 1. The van der Waals surface area contributed by atoms with E-state index in [1.165, 1.54) is 11.3 Å². The number of nitrogens with two attached hydrogens (primary N) is 1. The molecule has 1 aromatic heterocycles. The van der Waals surface area contributed by atoms with Crippen molar-refractivity contribution in [2.45, 2.75) is 13.0 Å². The van der Waals surface area contributed by atoms with Gasteiger partial charge in [0.2, 0.25) is 0 Å². The molecule has 5 nitrogen and oxygen atoms in total. The summed E-state index contributed by atoms with van der Waals surface area (Å²) in [5, 5.41) is 6.57. The number of carbonyl (C=O) groups is 1. The van der Waals surface area contributed by atoms with Gasteiger partial charge in [-0.25, -0.2) is 4.98 Å². The molecule has 0 saturated heterocycles. The van der Waals surface area contributed by atoms with Crippen LogP contribution in [0.15, 0.2) is 22.7 Å². The molecule has 3 rings (SSSR count). The first kappa shape index (κ1) is 13.5. The smallest absolute Gasteiger partial charge is 0.284 e. The number of benzene rings is 1. The zero-order valence-electron chi connectivity index (χ0n) is 10.6. The number of nitrogen functional groups attached to an aromatic ring is 1. The molecule has 0 radical (unpaired) electrons. The predicted octanol–water partition coefficient (Wildman–Crippen LogP) is 2.39. The van der Waals surface area contributed by atoms with Crippen LogP contribution >= 0.6 is 27.3 Å². The number of thiazole rings is 1. The maximum Gasteiger partial charge on any atom is 0.284 e. The Morgan fingerprint density at radius 3 is 3.15 bits per heavy atom. The van der Waals surface area contributed by atoms with E-state index in [1.807, 2.05) is 12.1 Å². The Balaban J connectivity index is 1.82. The van der Waals surface area contributed by atoms with E-state index in [0.717, 1.165) is 34.6 Å². The number of hydrogen-bond donors (Lipinski definition) is 3. The molecular weight excluding hydrogens is 340 g/mol. The average Bonchev–Trinajstić information content (AvgIpc) is 2.88. The van der Waals surface area contributed by atoms with Gasteiger partial charge in [0.15, 0.2) is 5.01 Å². The molecule has 0 spiro atoms. The van der Waals surface area contributed by atoms with Gasteiger partial charge >= 0.3 is 0 Å². The zero-order valence-corrected chi connectivity index (χ0v) is 13.0. The molecule has 1 amide bonds.